The SMILES string of the molecule is CN(C(=O)c1ccc(F)c(Cl)c1)c1cccc(N)c1. The Balaban J connectivity index is 2.30. The number of halogens is 2. The fraction of sp³-hybridized carbons (Fsp3) is 0.0714. The van der Waals surface area contributed by atoms with Crippen LogP contribution in [0.1, 0.15) is 10.4 Å². The lowest BCUT2D eigenvalue weighted by atomic mass is 10.2. The highest BCUT2D eigenvalue weighted by Gasteiger charge is 2.15. The zero-order valence-electron chi connectivity index (χ0n) is 10.2. The highest BCUT2D eigenvalue weighted by atomic mass is 35.5. The summed E-state index contributed by atoms with van der Waals surface area (Å²) in [7, 11) is 1.62. The standard InChI is InChI=1S/C14H12ClFN2O/c1-18(11-4-2-3-10(17)8-11)14(19)9-5-6-13(16)12(15)7-9/h2-8H,17H2,1H3. The van der Waals surface area contributed by atoms with E-state index in [0.29, 0.717) is 16.9 Å². The molecule has 19 heavy (non-hydrogen) atoms. The first-order valence-electron chi connectivity index (χ1n) is 5.57. The third-order valence-corrected chi connectivity index (χ3v) is 3.02. The highest BCUT2D eigenvalue weighted by Crippen LogP contribution is 2.21. The molecule has 0 fully saturated rings. The zero-order chi connectivity index (χ0) is 14.0. The van der Waals surface area contributed by atoms with Gasteiger partial charge in [0.15, 0.2) is 0 Å². The minimum absolute atomic E-state index is 0.0770. The van der Waals surface area contributed by atoms with Crippen LogP contribution in [0, 0.1) is 5.82 Å². The first kappa shape index (κ1) is 13.4. The van der Waals surface area contributed by atoms with Crippen LogP contribution in [-0.4, -0.2) is 13.0 Å². The molecule has 0 aromatic heterocycles. The smallest absolute Gasteiger partial charge is 0.258 e. The van der Waals surface area contributed by atoms with Gasteiger partial charge >= 0.3 is 0 Å². The number of nitrogens with two attached hydrogens (primary N) is 1. The van der Waals surface area contributed by atoms with Gasteiger partial charge in [0.1, 0.15) is 5.82 Å². The quantitative estimate of drug-likeness (QED) is 0.857. The van der Waals surface area contributed by atoms with E-state index in [2.05, 4.69) is 0 Å². The molecule has 98 valence electrons. The maximum absolute atomic E-state index is 13.1. The Hall–Kier alpha value is -2.07. The van der Waals surface area contributed by atoms with Gasteiger partial charge < -0.3 is 10.6 Å². The molecule has 0 spiro atoms. The van der Waals surface area contributed by atoms with Crippen LogP contribution in [-0.2, 0) is 0 Å². The van der Waals surface area contributed by atoms with E-state index in [1.54, 1.807) is 31.3 Å². The molecule has 0 atom stereocenters. The fourth-order valence-electron chi connectivity index (χ4n) is 1.67. The molecule has 0 saturated carbocycles. The Morgan fingerprint density at radius 3 is 2.63 bits per heavy atom. The molecule has 0 aliphatic carbocycles. The van der Waals surface area contributed by atoms with Gasteiger partial charge in [-0.05, 0) is 36.4 Å². The zero-order valence-corrected chi connectivity index (χ0v) is 11.0. The largest absolute Gasteiger partial charge is 0.399 e. The highest BCUT2D eigenvalue weighted by molar-refractivity contribution is 6.31. The third kappa shape index (κ3) is 2.85. The molecule has 1 amide bonds. The summed E-state index contributed by atoms with van der Waals surface area (Å²) in [5.74, 6) is -0.836. The molecule has 2 aromatic carbocycles. The van der Waals surface area contributed by atoms with Crippen LogP contribution in [0.5, 0.6) is 0 Å². The summed E-state index contributed by atoms with van der Waals surface area (Å²) in [4.78, 5) is 13.7. The van der Waals surface area contributed by atoms with Crippen LogP contribution in [0.15, 0.2) is 42.5 Å². The fourth-order valence-corrected chi connectivity index (χ4v) is 1.85. The molecule has 0 radical (unpaired) electrons. The van der Waals surface area contributed by atoms with E-state index in [9.17, 15) is 9.18 Å². The van der Waals surface area contributed by atoms with E-state index in [-0.39, 0.29) is 10.9 Å². The van der Waals surface area contributed by atoms with Crippen LogP contribution in [0.25, 0.3) is 0 Å². The van der Waals surface area contributed by atoms with Gasteiger partial charge in [-0.25, -0.2) is 4.39 Å². The van der Waals surface area contributed by atoms with E-state index in [1.807, 2.05) is 0 Å². The Morgan fingerprint density at radius 2 is 2.00 bits per heavy atom. The van der Waals surface area contributed by atoms with Gasteiger partial charge in [-0.3, -0.25) is 4.79 Å². The molecule has 0 aliphatic heterocycles. The number of nitrogen functional groups attached to an aromatic ring is 1. The van der Waals surface area contributed by atoms with Crippen LogP contribution in [0.2, 0.25) is 5.02 Å². The first-order valence-corrected chi connectivity index (χ1v) is 5.95. The summed E-state index contributed by atoms with van der Waals surface area (Å²) in [6.07, 6.45) is 0. The Bertz CT molecular complexity index is 631. The van der Waals surface area contributed by atoms with Crippen molar-refractivity contribution in [3.8, 4) is 0 Å². The van der Waals surface area contributed by atoms with E-state index < -0.39 is 5.82 Å². The van der Waals surface area contributed by atoms with Gasteiger partial charge in [-0.1, -0.05) is 17.7 Å². The number of hydrogen-bond donors (Lipinski definition) is 1. The van der Waals surface area contributed by atoms with E-state index in [0.717, 1.165) is 0 Å². The average Bonchev–Trinajstić information content (AvgIpc) is 2.40. The lowest BCUT2D eigenvalue weighted by Crippen LogP contribution is -2.26. The van der Waals surface area contributed by atoms with Crippen molar-refractivity contribution in [2.75, 3.05) is 17.7 Å². The Labute approximate surface area is 115 Å². The number of hydrogen-bond acceptors (Lipinski definition) is 2. The van der Waals surface area contributed by atoms with Crippen molar-refractivity contribution < 1.29 is 9.18 Å². The molecule has 0 unspecified atom stereocenters. The second kappa shape index (κ2) is 5.28. The molecular weight excluding hydrogens is 267 g/mol. The average molecular weight is 279 g/mol. The maximum atomic E-state index is 13.1. The van der Waals surface area contributed by atoms with E-state index in [1.165, 1.54) is 23.1 Å². The van der Waals surface area contributed by atoms with Crippen molar-refractivity contribution in [2.24, 2.45) is 0 Å². The number of carbonyl (C=O) groups is 1. The monoisotopic (exact) mass is 278 g/mol. The summed E-state index contributed by atoms with van der Waals surface area (Å²) in [6, 6.07) is 10.8. The third-order valence-electron chi connectivity index (χ3n) is 2.73. The second-order valence-corrected chi connectivity index (χ2v) is 4.50. The number of nitrogens with zero attached hydrogens (tertiary/aromatic N) is 1. The predicted octanol–water partition coefficient (Wildman–Crippen LogP) is 3.34. The number of anilines is 2. The molecule has 0 saturated heterocycles. The number of amides is 1. The summed E-state index contributed by atoms with van der Waals surface area (Å²) in [5, 5.41) is -0.0770. The maximum Gasteiger partial charge on any atom is 0.258 e. The predicted molar refractivity (Wildman–Crippen MR) is 75.0 cm³/mol. The Kier molecular flexibility index (Phi) is 3.71. The van der Waals surface area contributed by atoms with Crippen molar-refractivity contribution in [1.82, 2.24) is 0 Å². The summed E-state index contributed by atoms with van der Waals surface area (Å²) >= 11 is 5.67. The number of carbonyl (C=O) groups excluding carboxylic acids is 1. The lowest BCUT2D eigenvalue weighted by molar-refractivity contribution is 0.0993. The first-order chi connectivity index (χ1) is 8.99. The van der Waals surface area contributed by atoms with Gasteiger partial charge in [0.25, 0.3) is 5.91 Å². The minimum atomic E-state index is -0.551. The van der Waals surface area contributed by atoms with Crippen molar-refractivity contribution >= 4 is 28.9 Å². The molecule has 2 rings (SSSR count). The van der Waals surface area contributed by atoms with E-state index >= 15 is 0 Å². The summed E-state index contributed by atoms with van der Waals surface area (Å²) in [6.45, 7) is 0. The molecule has 2 N–H and O–H groups in total. The van der Waals surface area contributed by atoms with Crippen molar-refractivity contribution in [3.63, 3.8) is 0 Å². The Morgan fingerprint density at radius 1 is 1.26 bits per heavy atom. The van der Waals surface area contributed by atoms with Crippen molar-refractivity contribution in [1.29, 1.82) is 0 Å². The van der Waals surface area contributed by atoms with Crippen LogP contribution in [0.4, 0.5) is 15.8 Å². The number of rotatable bonds is 2. The molecule has 2 aromatic rings. The van der Waals surface area contributed by atoms with Gasteiger partial charge in [-0.15, -0.1) is 0 Å². The van der Waals surface area contributed by atoms with Gasteiger partial charge in [0.2, 0.25) is 0 Å². The summed E-state index contributed by atoms with van der Waals surface area (Å²) < 4.78 is 13.1. The lowest BCUT2D eigenvalue weighted by Gasteiger charge is -2.18. The molecule has 3 nitrogen and oxygen atoms in total. The topological polar surface area (TPSA) is 46.3 Å². The van der Waals surface area contributed by atoms with E-state index in [4.69, 9.17) is 17.3 Å². The normalized spacial score (nSPS) is 10.3. The van der Waals surface area contributed by atoms with Crippen molar-refractivity contribution in [2.45, 2.75) is 0 Å². The molecule has 0 aliphatic rings. The molecule has 0 bridgehead atoms. The van der Waals surface area contributed by atoms with Crippen LogP contribution in [0.3, 0.4) is 0 Å². The molecule has 0 heterocycles. The summed E-state index contributed by atoms with van der Waals surface area (Å²) in [5.41, 5.74) is 7.21. The molecular formula is C14H12ClFN2O. The number of benzene rings is 2. The van der Waals surface area contributed by atoms with Crippen LogP contribution >= 0.6 is 11.6 Å². The van der Waals surface area contributed by atoms with Gasteiger partial charge in [0, 0.05) is 24.0 Å². The van der Waals surface area contributed by atoms with Crippen LogP contribution < -0.4 is 10.6 Å². The van der Waals surface area contributed by atoms with Gasteiger partial charge in [0.05, 0.1) is 5.02 Å². The minimum Gasteiger partial charge on any atom is -0.399 e. The van der Waals surface area contributed by atoms with Gasteiger partial charge in [-0.2, -0.15) is 0 Å². The van der Waals surface area contributed by atoms with Crippen molar-refractivity contribution in [3.05, 3.63) is 58.9 Å². The second-order valence-electron chi connectivity index (χ2n) is 4.09. The molecule has 5 heteroatoms.